The Morgan fingerprint density at radius 1 is 1.02 bits per heavy atom. The van der Waals surface area contributed by atoms with Crippen molar-refractivity contribution in [2.45, 2.75) is 71.0 Å². The summed E-state index contributed by atoms with van der Waals surface area (Å²) in [7, 11) is 2.24. The molecule has 40 heavy (non-hydrogen) atoms. The second-order valence-corrected chi connectivity index (χ2v) is 12.8. The number of fused-ring (bicyclic) bond motifs is 2. The number of halogens is 2. The third kappa shape index (κ3) is 4.14. The predicted molar refractivity (Wildman–Crippen MR) is 161 cm³/mol. The van der Waals surface area contributed by atoms with Gasteiger partial charge in [-0.1, -0.05) is 37.1 Å². The van der Waals surface area contributed by atoms with Crippen LogP contribution < -0.4 is 9.80 Å². The minimum absolute atomic E-state index is 0.304. The summed E-state index contributed by atoms with van der Waals surface area (Å²) >= 11 is 6.94. The Bertz CT molecular complexity index is 1590. The van der Waals surface area contributed by atoms with Crippen LogP contribution in [0.1, 0.15) is 51.5 Å². The Labute approximate surface area is 239 Å². The van der Waals surface area contributed by atoms with Crippen LogP contribution in [0.4, 0.5) is 16.2 Å². The van der Waals surface area contributed by atoms with Crippen molar-refractivity contribution in [2.24, 2.45) is 5.92 Å². The van der Waals surface area contributed by atoms with Gasteiger partial charge in [0.25, 0.3) is 0 Å². The van der Waals surface area contributed by atoms with E-state index in [0.29, 0.717) is 51.5 Å². The maximum absolute atomic E-state index is 16.8. The molecule has 210 valence electrons. The van der Waals surface area contributed by atoms with E-state index in [-0.39, 0.29) is 0 Å². The fraction of sp³-hybridized carbons (Fsp3) is 0.516. The molecule has 3 fully saturated rings. The summed E-state index contributed by atoms with van der Waals surface area (Å²) in [5.41, 5.74) is 3.12. The van der Waals surface area contributed by atoms with Crippen molar-refractivity contribution in [1.82, 2.24) is 25.1 Å². The van der Waals surface area contributed by atoms with Gasteiger partial charge in [-0.05, 0) is 64.1 Å². The zero-order valence-corrected chi connectivity index (χ0v) is 24.5. The van der Waals surface area contributed by atoms with E-state index in [1.165, 1.54) is 25.7 Å². The summed E-state index contributed by atoms with van der Waals surface area (Å²) in [6, 6.07) is 7.32. The fourth-order valence-corrected chi connectivity index (χ4v) is 7.04. The van der Waals surface area contributed by atoms with Gasteiger partial charge in [0.2, 0.25) is 5.95 Å². The molecule has 2 aromatic heterocycles. The summed E-state index contributed by atoms with van der Waals surface area (Å²) in [5, 5.41) is 9.21. The second kappa shape index (κ2) is 9.84. The average Bonchev–Trinajstić information content (AvgIpc) is 3.34. The van der Waals surface area contributed by atoms with Gasteiger partial charge in [-0.15, -0.1) is 0 Å². The Morgan fingerprint density at radius 2 is 1.82 bits per heavy atom. The molecule has 0 amide bonds. The molecule has 4 heterocycles. The number of likely N-dealkylation sites (N-methyl/N-ethyl adjacent to an activating group) is 1. The highest BCUT2D eigenvalue weighted by molar-refractivity contribution is 6.35. The number of rotatable bonds is 5. The SMILES string of the molecule is Cc1ccc2cn[nH]c2c1-c1c(Cl)cc2c(N3C[C@@H](C)CC[C@@H]3C)nc(N3CC(N(C)C4CCC4)C3)nc2c1F. The van der Waals surface area contributed by atoms with Crippen molar-refractivity contribution in [1.29, 1.82) is 0 Å². The van der Waals surface area contributed by atoms with Gasteiger partial charge in [0, 0.05) is 59.7 Å². The first-order valence-electron chi connectivity index (χ1n) is 14.7. The van der Waals surface area contributed by atoms with Gasteiger partial charge in [-0.2, -0.15) is 10.1 Å². The minimum atomic E-state index is -0.404. The van der Waals surface area contributed by atoms with Gasteiger partial charge >= 0.3 is 0 Å². The molecule has 1 N–H and O–H groups in total. The summed E-state index contributed by atoms with van der Waals surface area (Å²) in [4.78, 5) is 17.1. The molecule has 4 aromatic rings. The maximum atomic E-state index is 16.8. The minimum Gasteiger partial charge on any atom is -0.353 e. The van der Waals surface area contributed by atoms with Crippen LogP contribution in [0.15, 0.2) is 24.4 Å². The molecule has 7 rings (SSSR count). The van der Waals surface area contributed by atoms with Crippen molar-refractivity contribution in [3.05, 3.63) is 40.8 Å². The molecular weight excluding hydrogens is 525 g/mol. The summed E-state index contributed by atoms with van der Waals surface area (Å²) in [6.07, 6.45) is 7.91. The number of anilines is 2. The van der Waals surface area contributed by atoms with Crippen LogP contribution in [0.25, 0.3) is 32.9 Å². The monoisotopic (exact) mass is 561 g/mol. The first-order valence-corrected chi connectivity index (χ1v) is 15.0. The van der Waals surface area contributed by atoms with Gasteiger partial charge in [-0.25, -0.2) is 9.37 Å². The smallest absolute Gasteiger partial charge is 0.228 e. The quantitative estimate of drug-likeness (QED) is 0.297. The Hall–Kier alpha value is -2.97. The number of aromatic amines is 1. The summed E-state index contributed by atoms with van der Waals surface area (Å²) < 4.78 is 16.8. The van der Waals surface area contributed by atoms with Crippen LogP contribution in [-0.4, -0.2) is 69.9 Å². The number of benzene rings is 2. The molecule has 9 heteroatoms. The standard InChI is InChI=1S/C31H37ClFN7/c1-17-8-10-19(3)40(14-17)30-23-12-24(32)26(25-18(2)9-11-20-13-34-37-28(20)25)27(33)29(23)35-31(36-30)39-15-22(16-39)38(4)21-6-5-7-21/h9,11-13,17,19,21-22H,5-8,10,14-16H2,1-4H3,(H,34,37)/t17-,19-/m0/s1. The number of hydrogen-bond donors (Lipinski definition) is 1. The van der Waals surface area contributed by atoms with Gasteiger partial charge < -0.3 is 9.80 Å². The number of aryl methyl sites for hydroxylation is 1. The maximum Gasteiger partial charge on any atom is 0.228 e. The number of hydrogen-bond acceptors (Lipinski definition) is 6. The molecule has 0 unspecified atom stereocenters. The lowest BCUT2D eigenvalue weighted by Crippen LogP contribution is -2.62. The van der Waals surface area contributed by atoms with Gasteiger partial charge in [-0.3, -0.25) is 10.00 Å². The van der Waals surface area contributed by atoms with Crippen LogP contribution in [0, 0.1) is 18.7 Å². The molecule has 0 radical (unpaired) electrons. The van der Waals surface area contributed by atoms with Crippen LogP contribution in [0.3, 0.4) is 0 Å². The van der Waals surface area contributed by atoms with E-state index < -0.39 is 5.82 Å². The highest BCUT2D eigenvalue weighted by atomic mass is 35.5. The summed E-state index contributed by atoms with van der Waals surface area (Å²) in [6.45, 7) is 9.09. The van der Waals surface area contributed by atoms with Crippen LogP contribution in [0.5, 0.6) is 0 Å². The molecule has 1 saturated carbocycles. The van der Waals surface area contributed by atoms with E-state index in [0.717, 1.165) is 53.9 Å². The molecule has 0 spiro atoms. The number of H-pyrrole nitrogens is 1. The van der Waals surface area contributed by atoms with Crippen molar-refractivity contribution < 1.29 is 4.39 Å². The van der Waals surface area contributed by atoms with Crippen molar-refractivity contribution in [3.8, 4) is 11.1 Å². The van der Waals surface area contributed by atoms with Gasteiger partial charge in [0.05, 0.1) is 16.7 Å². The third-order valence-corrected chi connectivity index (χ3v) is 9.99. The normalized spacial score (nSPS) is 22.4. The van der Waals surface area contributed by atoms with E-state index in [1.54, 1.807) is 6.20 Å². The van der Waals surface area contributed by atoms with Crippen molar-refractivity contribution >= 4 is 45.2 Å². The lowest BCUT2D eigenvalue weighted by atomic mass is 9.90. The Balaban J connectivity index is 1.37. The highest BCUT2D eigenvalue weighted by Crippen LogP contribution is 2.43. The lowest BCUT2D eigenvalue weighted by Gasteiger charge is -2.49. The molecule has 3 aliphatic rings. The van der Waals surface area contributed by atoms with E-state index >= 15 is 4.39 Å². The van der Waals surface area contributed by atoms with E-state index in [9.17, 15) is 0 Å². The molecule has 2 saturated heterocycles. The lowest BCUT2D eigenvalue weighted by molar-refractivity contribution is 0.0927. The zero-order chi connectivity index (χ0) is 27.7. The largest absolute Gasteiger partial charge is 0.353 e. The van der Waals surface area contributed by atoms with Gasteiger partial charge in [0.1, 0.15) is 11.3 Å². The van der Waals surface area contributed by atoms with Crippen molar-refractivity contribution in [3.63, 3.8) is 0 Å². The first kappa shape index (κ1) is 26.0. The fourth-order valence-electron chi connectivity index (χ4n) is 6.75. The Morgan fingerprint density at radius 3 is 2.58 bits per heavy atom. The van der Waals surface area contributed by atoms with Crippen LogP contribution >= 0.6 is 11.6 Å². The second-order valence-electron chi connectivity index (χ2n) is 12.4. The molecule has 2 atom stereocenters. The number of nitrogens with one attached hydrogen (secondary N) is 1. The number of piperidine rings is 1. The highest BCUT2D eigenvalue weighted by Gasteiger charge is 2.38. The molecule has 0 bridgehead atoms. The average molecular weight is 562 g/mol. The number of aromatic nitrogens is 4. The first-order chi connectivity index (χ1) is 19.3. The number of nitrogens with zero attached hydrogens (tertiary/aromatic N) is 6. The van der Waals surface area contributed by atoms with Crippen LogP contribution in [0.2, 0.25) is 5.02 Å². The van der Waals surface area contributed by atoms with Crippen LogP contribution in [-0.2, 0) is 0 Å². The molecule has 1 aliphatic carbocycles. The van der Waals surface area contributed by atoms with E-state index in [4.69, 9.17) is 21.6 Å². The molecule has 2 aromatic carbocycles. The van der Waals surface area contributed by atoms with E-state index in [2.05, 4.69) is 45.8 Å². The molecular formula is C31H37ClFN7. The van der Waals surface area contributed by atoms with Gasteiger partial charge in [0.15, 0.2) is 5.82 Å². The predicted octanol–water partition coefficient (Wildman–Crippen LogP) is 6.57. The zero-order valence-electron chi connectivity index (χ0n) is 23.7. The third-order valence-electron chi connectivity index (χ3n) is 9.69. The molecule has 2 aliphatic heterocycles. The van der Waals surface area contributed by atoms with E-state index in [1.807, 2.05) is 25.1 Å². The summed E-state index contributed by atoms with van der Waals surface area (Å²) in [5.74, 6) is 1.53. The van der Waals surface area contributed by atoms with Crippen molar-refractivity contribution in [2.75, 3.05) is 36.5 Å². The molecule has 7 nitrogen and oxygen atoms in total. The Kier molecular flexibility index (Phi) is 6.39. The topological polar surface area (TPSA) is 64.2 Å².